The van der Waals surface area contributed by atoms with Gasteiger partial charge < -0.3 is 5.11 Å². The molecule has 0 heterocycles. The van der Waals surface area contributed by atoms with Gasteiger partial charge in [-0.05, 0) is 61.2 Å². The fourth-order valence-corrected chi connectivity index (χ4v) is 4.85. The van der Waals surface area contributed by atoms with Crippen molar-refractivity contribution in [2.45, 2.75) is 52.1 Å². The molecule has 0 radical (unpaired) electrons. The van der Waals surface area contributed by atoms with Gasteiger partial charge in [0.15, 0.2) is 0 Å². The maximum absolute atomic E-state index is 10.4. The fraction of sp³-hybridized carbons (Fsp3) is 1.00. The van der Waals surface area contributed by atoms with E-state index in [1.807, 2.05) is 0 Å². The molecular weight excluding hydrogens is 184 g/mol. The zero-order valence-electron chi connectivity index (χ0n) is 10.0. The Morgan fingerprint density at radius 3 is 2.33 bits per heavy atom. The first-order valence-electron chi connectivity index (χ1n) is 6.92. The van der Waals surface area contributed by atoms with Crippen LogP contribution in [0.4, 0.5) is 0 Å². The monoisotopic (exact) mass is 208 g/mol. The van der Waals surface area contributed by atoms with Crippen molar-refractivity contribution in [2.75, 3.05) is 0 Å². The average Bonchev–Trinajstić information content (AvgIpc) is 2.65. The molecule has 3 fully saturated rings. The summed E-state index contributed by atoms with van der Waals surface area (Å²) in [5.74, 6) is 5.14. The summed E-state index contributed by atoms with van der Waals surface area (Å²) in [7, 11) is 0. The standard InChI is InChI=1S/C14H24O/c1-3-4-8(2)14(15)13-11-9-5-6-10(7-9)12(11)13/h8-15H,3-7H2,1-2H3. The van der Waals surface area contributed by atoms with Crippen LogP contribution < -0.4 is 0 Å². The molecule has 0 aromatic rings. The van der Waals surface area contributed by atoms with Crippen LogP contribution in [0.25, 0.3) is 0 Å². The van der Waals surface area contributed by atoms with E-state index in [2.05, 4.69) is 13.8 Å². The summed E-state index contributed by atoms with van der Waals surface area (Å²) in [6.07, 6.45) is 6.87. The summed E-state index contributed by atoms with van der Waals surface area (Å²) in [4.78, 5) is 0. The van der Waals surface area contributed by atoms with Crippen molar-refractivity contribution in [1.29, 1.82) is 0 Å². The van der Waals surface area contributed by atoms with Crippen LogP contribution >= 0.6 is 0 Å². The summed E-state index contributed by atoms with van der Waals surface area (Å²) in [5, 5.41) is 10.4. The fourth-order valence-electron chi connectivity index (χ4n) is 4.85. The minimum absolute atomic E-state index is 0.0170. The summed E-state index contributed by atoms with van der Waals surface area (Å²) < 4.78 is 0. The molecule has 0 amide bonds. The van der Waals surface area contributed by atoms with E-state index in [0.29, 0.717) is 11.8 Å². The van der Waals surface area contributed by atoms with Crippen molar-refractivity contribution < 1.29 is 5.11 Å². The minimum Gasteiger partial charge on any atom is -0.393 e. The molecule has 0 aromatic heterocycles. The highest BCUT2D eigenvalue weighted by molar-refractivity contribution is 5.14. The SMILES string of the molecule is CCCC(C)C(O)C1C2C3CCC(C3)C21. The molecule has 0 aromatic carbocycles. The highest BCUT2D eigenvalue weighted by Crippen LogP contribution is 2.70. The van der Waals surface area contributed by atoms with Gasteiger partial charge in [0.25, 0.3) is 0 Å². The number of aliphatic hydroxyl groups is 1. The van der Waals surface area contributed by atoms with Crippen LogP contribution in [-0.2, 0) is 0 Å². The second-order valence-electron chi connectivity index (χ2n) is 6.32. The zero-order chi connectivity index (χ0) is 10.6. The van der Waals surface area contributed by atoms with Gasteiger partial charge in [-0.2, -0.15) is 0 Å². The Hall–Kier alpha value is -0.0400. The van der Waals surface area contributed by atoms with E-state index in [4.69, 9.17) is 0 Å². The van der Waals surface area contributed by atoms with Crippen LogP contribution in [0.3, 0.4) is 0 Å². The summed E-state index contributed by atoms with van der Waals surface area (Å²) in [6.45, 7) is 4.46. The van der Waals surface area contributed by atoms with Crippen LogP contribution in [-0.4, -0.2) is 11.2 Å². The van der Waals surface area contributed by atoms with Crippen LogP contribution in [0.2, 0.25) is 0 Å². The van der Waals surface area contributed by atoms with Gasteiger partial charge in [0.2, 0.25) is 0 Å². The van der Waals surface area contributed by atoms with Crippen LogP contribution in [0.15, 0.2) is 0 Å². The summed E-state index contributed by atoms with van der Waals surface area (Å²) in [5.41, 5.74) is 0. The molecule has 3 saturated carbocycles. The molecule has 2 bridgehead atoms. The number of hydrogen-bond donors (Lipinski definition) is 1. The van der Waals surface area contributed by atoms with E-state index >= 15 is 0 Å². The highest BCUT2D eigenvalue weighted by Gasteiger charge is 2.66. The van der Waals surface area contributed by atoms with Gasteiger partial charge in [-0.3, -0.25) is 0 Å². The second-order valence-corrected chi connectivity index (χ2v) is 6.32. The Morgan fingerprint density at radius 2 is 1.80 bits per heavy atom. The Labute approximate surface area is 93.3 Å². The molecule has 86 valence electrons. The molecule has 3 aliphatic carbocycles. The van der Waals surface area contributed by atoms with E-state index in [9.17, 15) is 5.11 Å². The third kappa shape index (κ3) is 1.39. The third-order valence-electron chi connectivity index (χ3n) is 5.52. The molecule has 6 unspecified atom stereocenters. The summed E-state index contributed by atoms with van der Waals surface area (Å²) in [6, 6.07) is 0. The molecule has 0 spiro atoms. The molecule has 0 saturated heterocycles. The van der Waals surface area contributed by atoms with Crippen molar-refractivity contribution in [2.24, 2.45) is 35.5 Å². The predicted molar refractivity (Wildman–Crippen MR) is 61.4 cm³/mol. The lowest BCUT2D eigenvalue weighted by Gasteiger charge is -2.21. The van der Waals surface area contributed by atoms with Gasteiger partial charge >= 0.3 is 0 Å². The topological polar surface area (TPSA) is 20.2 Å². The lowest BCUT2D eigenvalue weighted by Crippen LogP contribution is -2.23. The summed E-state index contributed by atoms with van der Waals surface area (Å²) >= 11 is 0. The maximum atomic E-state index is 10.4. The smallest absolute Gasteiger partial charge is 0.0599 e. The van der Waals surface area contributed by atoms with Gasteiger partial charge in [0.1, 0.15) is 0 Å². The lowest BCUT2D eigenvalue weighted by molar-refractivity contribution is 0.0724. The van der Waals surface area contributed by atoms with Crippen LogP contribution in [0.1, 0.15) is 46.0 Å². The van der Waals surface area contributed by atoms with Gasteiger partial charge in [0, 0.05) is 0 Å². The van der Waals surface area contributed by atoms with E-state index < -0.39 is 0 Å². The van der Waals surface area contributed by atoms with Crippen LogP contribution in [0, 0.1) is 35.5 Å². The number of aliphatic hydroxyl groups excluding tert-OH is 1. The average molecular weight is 208 g/mol. The van der Waals surface area contributed by atoms with Gasteiger partial charge in [-0.25, -0.2) is 0 Å². The Balaban J connectivity index is 1.62. The van der Waals surface area contributed by atoms with Gasteiger partial charge in [-0.15, -0.1) is 0 Å². The van der Waals surface area contributed by atoms with Crippen LogP contribution in [0.5, 0.6) is 0 Å². The third-order valence-corrected chi connectivity index (χ3v) is 5.52. The highest BCUT2D eigenvalue weighted by atomic mass is 16.3. The van der Waals surface area contributed by atoms with Gasteiger partial charge in [-0.1, -0.05) is 20.3 Å². The largest absolute Gasteiger partial charge is 0.393 e. The second kappa shape index (κ2) is 3.48. The Bertz CT molecular complexity index is 234. The van der Waals surface area contributed by atoms with E-state index in [1.54, 1.807) is 0 Å². The molecule has 15 heavy (non-hydrogen) atoms. The first kappa shape index (κ1) is 10.1. The number of hydrogen-bond acceptors (Lipinski definition) is 1. The lowest BCUT2D eigenvalue weighted by atomic mass is 9.90. The van der Waals surface area contributed by atoms with Gasteiger partial charge in [0.05, 0.1) is 6.10 Å². The molecule has 3 aliphatic rings. The Kier molecular flexibility index (Phi) is 2.35. The Morgan fingerprint density at radius 1 is 1.20 bits per heavy atom. The minimum atomic E-state index is 0.0170. The van der Waals surface area contributed by atoms with E-state index in [0.717, 1.165) is 23.7 Å². The van der Waals surface area contributed by atoms with E-state index in [-0.39, 0.29) is 6.10 Å². The molecule has 1 N–H and O–H groups in total. The zero-order valence-corrected chi connectivity index (χ0v) is 10.0. The molecule has 6 atom stereocenters. The predicted octanol–water partition coefficient (Wildman–Crippen LogP) is 3.08. The van der Waals surface area contributed by atoms with Crippen molar-refractivity contribution in [3.8, 4) is 0 Å². The molecule has 0 aliphatic heterocycles. The van der Waals surface area contributed by atoms with Crippen molar-refractivity contribution in [3.05, 3.63) is 0 Å². The quantitative estimate of drug-likeness (QED) is 0.753. The normalized spacial score (nSPS) is 50.2. The van der Waals surface area contributed by atoms with Crippen molar-refractivity contribution in [3.63, 3.8) is 0 Å². The maximum Gasteiger partial charge on any atom is 0.0599 e. The molecule has 3 rings (SSSR count). The van der Waals surface area contributed by atoms with E-state index in [1.165, 1.54) is 32.1 Å². The van der Waals surface area contributed by atoms with Crippen molar-refractivity contribution in [1.82, 2.24) is 0 Å². The molecule has 1 heteroatoms. The first-order valence-corrected chi connectivity index (χ1v) is 6.92. The van der Waals surface area contributed by atoms with Crippen molar-refractivity contribution >= 4 is 0 Å². The number of rotatable bonds is 4. The molecular formula is C14H24O. The molecule has 1 nitrogen and oxygen atoms in total. The first-order chi connectivity index (χ1) is 7.24. The number of fused-ring (bicyclic) bond motifs is 5.